The zero-order chi connectivity index (χ0) is 23.2. The zero-order valence-electron chi connectivity index (χ0n) is 18.3. The number of primary amides is 1. The maximum Gasteiger partial charge on any atom is 0.255 e. The highest BCUT2D eigenvalue weighted by Gasteiger charge is 2.28. The molecule has 0 aliphatic carbocycles. The summed E-state index contributed by atoms with van der Waals surface area (Å²) in [7, 11) is 0. The second-order valence-electron chi connectivity index (χ2n) is 8.23. The Hall–Kier alpha value is -3.56. The summed E-state index contributed by atoms with van der Waals surface area (Å²) in [5.41, 5.74) is 7.36. The first-order chi connectivity index (χ1) is 16.0. The van der Waals surface area contributed by atoms with Gasteiger partial charge in [-0.15, -0.1) is 0 Å². The van der Waals surface area contributed by atoms with E-state index < -0.39 is 24.0 Å². The molecule has 9 heteroatoms. The predicted molar refractivity (Wildman–Crippen MR) is 122 cm³/mol. The first-order valence-corrected chi connectivity index (χ1v) is 11.1. The summed E-state index contributed by atoms with van der Waals surface area (Å²) < 4.78 is 1.58. The molecule has 0 spiro atoms. The van der Waals surface area contributed by atoms with Gasteiger partial charge in [0.2, 0.25) is 5.91 Å². The molecule has 0 unspecified atom stereocenters. The van der Waals surface area contributed by atoms with Crippen molar-refractivity contribution < 1.29 is 14.7 Å². The summed E-state index contributed by atoms with van der Waals surface area (Å²) >= 11 is 0. The number of aromatic nitrogens is 3. The minimum atomic E-state index is -1.54. The van der Waals surface area contributed by atoms with Gasteiger partial charge in [-0.1, -0.05) is 30.3 Å². The van der Waals surface area contributed by atoms with E-state index in [0.717, 1.165) is 30.9 Å². The minimum Gasteiger partial charge on any atom is -0.381 e. The smallest absolute Gasteiger partial charge is 0.255 e. The molecule has 2 atom stereocenters. The number of nitrogens with zero attached hydrogens (tertiary/aromatic N) is 4. The average molecular weight is 449 g/mol. The summed E-state index contributed by atoms with van der Waals surface area (Å²) in [6.45, 7) is 2.88. The summed E-state index contributed by atoms with van der Waals surface area (Å²) in [5.74, 6) is -1.01. The first kappa shape index (κ1) is 22.6. The minimum absolute atomic E-state index is 0.244. The number of carbonyl (C=O) groups excluding carboxylic acids is 2. The molecule has 1 fully saturated rings. The van der Waals surface area contributed by atoms with Crippen LogP contribution in [0.2, 0.25) is 0 Å². The summed E-state index contributed by atoms with van der Waals surface area (Å²) in [5, 5.41) is 17.7. The number of nitrogens with one attached hydrogen (secondary N) is 1. The van der Waals surface area contributed by atoms with E-state index in [0.29, 0.717) is 5.82 Å². The molecule has 4 rings (SSSR count). The van der Waals surface area contributed by atoms with Crippen LogP contribution in [-0.2, 0) is 17.8 Å². The van der Waals surface area contributed by atoms with E-state index in [1.165, 1.54) is 12.8 Å². The highest BCUT2D eigenvalue weighted by molar-refractivity contribution is 5.97. The molecule has 0 saturated carbocycles. The number of hydrogen-bond donors (Lipinski definition) is 3. The lowest BCUT2D eigenvalue weighted by molar-refractivity contribution is -0.127. The van der Waals surface area contributed by atoms with Gasteiger partial charge in [0.05, 0.1) is 17.3 Å². The van der Waals surface area contributed by atoms with Crippen LogP contribution in [0.4, 0.5) is 0 Å². The van der Waals surface area contributed by atoms with Crippen molar-refractivity contribution in [1.82, 2.24) is 25.0 Å². The van der Waals surface area contributed by atoms with Crippen molar-refractivity contribution in [2.75, 3.05) is 13.1 Å². The maximum atomic E-state index is 13.2. The molecule has 4 N–H and O–H groups in total. The lowest BCUT2D eigenvalue weighted by Crippen LogP contribution is -2.50. The van der Waals surface area contributed by atoms with Gasteiger partial charge < -0.3 is 16.2 Å². The van der Waals surface area contributed by atoms with Crippen LogP contribution in [0.1, 0.15) is 34.5 Å². The molecule has 172 valence electrons. The maximum absolute atomic E-state index is 13.2. The quantitative estimate of drug-likeness (QED) is 0.449. The van der Waals surface area contributed by atoms with Gasteiger partial charge in [-0.2, -0.15) is 5.10 Å². The number of benzene rings is 1. The summed E-state index contributed by atoms with van der Waals surface area (Å²) in [4.78, 5) is 31.6. The van der Waals surface area contributed by atoms with Crippen molar-refractivity contribution in [3.05, 3.63) is 77.7 Å². The highest BCUT2D eigenvalue weighted by atomic mass is 16.3. The van der Waals surface area contributed by atoms with Gasteiger partial charge >= 0.3 is 0 Å². The van der Waals surface area contributed by atoms with Crippen LogP contribution in [0.25, 0.3) is 5.82 Å². The van der Waals surface area contributed by atoms with Crippen molar-refractivity contribution >= 4 is 11.8 Å². The Balaban J connectivity index is 1.54. The summed E-state index contributed by atoms with van der Waals surface area (Å²) in [6.07, 6.45) is 4.48. The third-order valence-electron chi connectivity index (χ3n) is 5.76. The number of aliphatic hydroxyl groups is 1. The number of likely N-dealkylation sites (tertiary alicyclic amines) is 1. The SMILES string of the molecule is NC(=O)[C@@H](O)[C@@H](Cc1ccccc1)NC(=O)c1cccnc1-n1ccc(CN2CCCC2)n1. The lowest BCUT2D eigenvalue weighted by atomic mass is 10.0. The molecule has 33 heavy (non-hydrogen) atoms. The number of pyridine rings is 1. The molecule has 1 saturated heterocycles. The molecule has 2 aromatic heterocycles. The second-order valence-corrected chi connectivity index (χ2v) is 8.23. The normalized spacial score (nSPS) is 15.8. The van der Waals surface area contributed by atoms with E-state index in [9.17, 15) is 14.7 Å². The largest absolute Gasteiger partial charge is 0.381 e. The van der Waals surface area contributed by atoms with Gasteiger partial charge in [-0.25, -0.2) is 9.67 Å². The number of nitrogens with two attached hydrogens (primary N) is 1. The highest BCUT2D eigenvalue weighted by Crippen LogP contribution is 2.16. The third kappa shape index (κ3) is 5.63. The van der Waals surface area contributed by atoms with E-state index in [-0.39, 0.29) is 12.0 Å². The van der Waals surface area contributed by atoms with Crippen LogP contribution in [0.5, 0.6) is 0 Å². The van der Waals surface area contributed by atoms with Crippen molar-refractivity contribution in [3.8, 4) is 5.82 Å². The lowest BCUT2D eigenvalue weighted by Gasteiger charge is -2.22. The van der Waals surface area contributed by atoms with E-state index in [1.54, 1.807) is 29.2 Å². The topological polar surface area (TPSA) is 126 Å². The molecule has 0 radical (unpaired) electrons. The molecule has 9 nitrogen and oxygen atoms in total. The van der Waals surface area contributed by atoms with Crippen LogP contribution < -0.4 is 11.1 Å². The Kier molecular flexibility index (Phi) is 7.11. The van der Waals surface area contributed by atoms with Crippen molar-refractivity contribution in [1.29, 1.82) is 0 Å². The van der Waals surface area contributed by atoms with Gasteiger partial charge in [0.1, 0.15) is 0 Å². The molecule has 1 aliphatic rings. The van der Waals surface area contributed by atoms with Gasteiger partial charge in [0, 0.05) is 18.9 Å². The number of rotatable bonds is 9. The third-order valence-corrected chi connectivity index (χ3v) is 5.76. The van der Waals surface area contributed by atoms with E-state index in [2.05, 4.69) is 20.3 Å². The van der Waals surface area contributed by atoms with Gasteiger partial charge in [0.25, 0.3) is 5.91 Å². The number of aliphatic hydroxyl groups excluding tert-OH is 1. The molecule has 3 aromatic rings. The fourth-order valence-corrected chi connectivity index (χ4v) is 4.04. The Morgan fingerprint density at radius 3 is 2.58 bits per heavy atom. The van der Waals surface area contributed by atoms with Crippen LogP contribution in [-0.4, -0.2) is 61.8 Å². The Morgan fingerprint density at radius 1 is 1.09 bits per heavy atom. The fraction of sp³-hybridized carbons (Fsp3) is 0.333. The van der Waals surface area contributed by atoms with Crippen LogP contribution in [0.3, 0.4) is 0 Å². The molecular weight excluding hydrogens is 420 g/mol. The molecule has 1 aromatic carbocycles. The fourth-order valence-electron chi connectivity index (χ4n) is 4.04. The Morgan fingerprint density at radius 2 is 1.85 bits per heavy atom. The Labute approximate surface area is 192 Å². The number of carbonyl (C=O) groups is 2. The van der Waals surface area contributed by atoms with Gasteiger partial charge in [-0.05, 0) is 56.1 Å². The van der Waals surface area contributed by atoms with Crippen LogP contribution in [0, 0.1) is 0 Å². The standard InChI is InChI=1S/C24H28N6O3/c25-22(32)21(31)20(15-17-7-2-1-3-8-17)27-24(33)19-9-6-11-26-23(19)30-14-10-18(28-30)16-29-12-4-5-13-29/h1-3,6-11,14,20-21,31H,4-5,12-13,15-16H2,(H2,25,32)(H,27,33)/t20-,21+/m1/s1. The number of hydrogen-bond acceptors (Lipinski definition) is 6. The van der Waals surface area contributed by atoms with E-state index >= 15 is 0 Å². The van der Waals surface area contributed by atoms with Crippen molar-refractivity contribution in [3.63, 3.8) is 0 Å². The summed E-state index contributed by atoms with van der Waals surface area (Å²) in [6, 6.07) is 13.6. The number of amides is 2. The molecule has 2 amide bonds. The van der Waals surface area contributed by atoms with Crippen LogP contribution >= 0.6 is 0 Å². The zero-order valence-corrected chi connectivity index (χ0v) is 18.3. The second kappa shape index (κ2) is 10.4. The Bertz CT molecular complexity index is 1090. The van der Waals surface area contributed by atoms with E-state index in [1.807, 2.05) is 36.4 Å². The van der Waals surface area contributed by atoms with Gasteiger partial charge in [0.15, 0.2) is 11.9 Å². The monoisotopic (exact) mass is 448 g/mol. The molecule has 1 aliphatic heterocycles. The first-order valence-electron chi connectivity index (χ1n) is 11.1. The molecule has 0 bridgehead atoms. The average Bonchev–Trinajstić information content (AvgIpc) is 3.51. The van der Waals surface area contributed by atoms with Crippen molar-refractivity contribution in [2.45, 2.75) is 38.0 Å². The van der Waals surface area contributed by atoms with E-state index in [4.69, 9.17) is 5.73 Å². The molecule has 3 heterocycles. The van der Waals surface area contributed by atoms with Crippen LogP contribution in [0.15, 0.2) is 60.9 Å². The van der Waals surface area contributed by atoms with Gasteiger partial charge in [-0.3, -0.25) is 14.5 Å². The van der Waals surface area contributed by atoms with Crippen molar-refractivity contribution in [2.24, 2.45) is 5.73 Å². The molecular formula is C24H28N6O3. The predicted octanol–water partition coefficient (Wildman–Crippen LogP) is 1.05.